The largest absolute Gasteiger partial charge is 0.622 e. The quantitative estimate of drug-likeness (QED) is 0.371. The lowest BCUT2D eigenvalue weighted by molar-refractivity contribution is 0.00573. The molecule has 2 heterocycles. The van der Waals surface area contributed by atoms with Gasteiger partial charge in [-0.2, -0.15) is 4.98 Å². The van der Waals surface area contributed by atoms with Gasteiger partial charge in [-0.25, -0.2) is 9.69 Å². The Morgan fingerprint density at radius 3 is 2.75 bits per heavy atom. The number of carbonyl (C=O) groups is 1. The van der Waals surface area contributed by atoms with Gasteiger partial charge in [0.05, 0.1) is 28.9 Å². The number of carbonyl (C=O) groups excluding carboxylic acids is 1. The molecule has 7 nitrogen and oxygen atoms in total. The van der Waals surface area contributed by atoms with Gasteiger partial charge in [0.15, 0.2) is 0 Å². The number of thiazole rings is 1. The number of ether oxygens (including phenoxy) is 2. The number of aromatic nitrogens is 1. The maximum atomic E-state index is 13.7. The molecule has 8 heteroatoms. The Balaban J connectivity index is 1.57. The molecule has 2 atom stereocenters. The number of para-hydroxylation sites is 1. The Hall–Kier alpha value is -2.52. The van der Waals surface area contributed by atoms with Crippen molar-refractivity contribution in [2.45, 2.75) is 13.2 Å². The molecule has 28 heavy (non-hydrogen) atoms. The molecule has 1 aliphatic rings. The number of nitrogens with zero attached hydrogens (tertiary/aromatic N) is 3. The van der Waals surface area contributed by atoms with E-state index in [0.717, 1.165) is 10.2 Å². The summed E-state index contributed by atoms with van der Waals surface area (Å²) < 4.78 is 11.2. The molecule has 1 fully saturated rings. The maximum absolute atomic E-state index is 13.7. The van der Waals surface area contributed by atoms with Gasteiger partial charge < -0.3 is 14.7 Å². The first-order valence-corrected chi connectivity index (χ1v) is 9.88. The van der Waals surface area contributed by atoms with Crippen LogP contribution in [0.5, 0.6) is 5.75 Å². The number of hydroxylamine groups is 2. The van der Waals surface area contributed by atoms with Crippen LogP contribution in [0.1, 0.15) is 17.3 Å². The van der Waals surface area contributed by atoms with Gasteiger partial charge in [-0.1, -0.05) is 23.5 Å². The Kier molecular flexibility index (Phi) is 5.03. The number of benzene rings is 2. The first kappa shape index (κ1) is 18.8. The van der Waals surface area contributed by atoms with E-state index >= 15 is 0 Å². The number of hydrogen-bond donors (Lipinski definition) is 0. The van der Waals surface area contributed by atoms with Gasteiger partial charge in [-0.3, -0.25) is 4.65 Å². The summed E-state index contributed by atoms with van der Waals surface area (Å²) in [5, 5.41) is 14.1. The lowest BCUT2D eigenvalue weighted by atomic mass is 10.2. The molecule has 0 radical (unpaired) electrons. The highest BCUT2D eigenvalue weighted by Crippen LogP contribution is 2.37. The van der Waals surface area contributed by atoms with Gasteiger partial charge in [0.2, 0.25) is 0 Å². The lowest BCUT2D eigenvalue weighted by Gasteiger charge is -2.38. The van der Waals surface area contributed by atoms with Crippen molar-refractivity contribution < 1.29 is 14.3 Å². The maximum Gasteiger partial charge on any atom is 0.342 e. The fourth-order valence-corrected chi connectivity index (χ4v) is 4.31. The van der Waals surface area contributed by atoms with E-state index in [1.54, 1.807) is 24.3 Å². The monoisotopic (exact) mass is 399 g/mol. The molecule has 0 bridgehead atoms. The van der Waals surface area contributed by atoms with Crippen LogP contribution in [0.25, 0.3) is 10.2 Å². The number of rotatable bonds is 5. The molecule has 3 aromatic rings. The van der Waals surface area contributed by atoms with Crippen molar-refractivity contribution in [3.63, 3.8) is 0 Å². The average molecular weight is 399 g/mol. The standard InChI is InChI=1S/C20H21N3O4S/c1-3-26-15-10-8-14(9-11-15)19(24)27-18-12-22(2)13-23(18,25)20-21-16-6-4-5-7-17(16)28-20/h4-11,18H,3,12-13H2,1-2H3. The predicted octanol–water partition coefficient (Wildman–Crippen LogP) is 3.59. The third-order valence-electron chi connectivity index (χ3n) is 4.64. The number of hydrogen-bond acceptors (Lipinski definition) is 7. The van der Waals surface area contributed by atoms with Crippen LogP contribution in [0.15, 0.2) is 48.5 Å². The van der Waals surface area contributed by atoms with Crippen molar-refractivity contribution in [1.29, 1.82) is 0 Å². The second kappa shape index (κ2) is 7.48. The highest BCUT2D eigenvalue weighted by Gasteiger charge is 2.45. The van der Waals surface area contributed by atoms with E-state index in [-0.39, 0.29) is 6.67 Å². The Morgan fingerprint density at radius 2 is 2.04 bits per heavy atom. The Labute approximate surface area is 166 Å². The molecule has 2 unspecified atom stereocenters. The molecule has 0 aliphatic carbocycles. The number of esters is 1. The number of quaternary nitrogens is 1. The summed E-state index contributed by atoms with van der Waals surface area (Å²) in [7, 11) is 1.84. The fraction of sp³-hybridized carbons (Fsp3) is 0.300. The van der Waals surface area contributed by atoms with Crippen LogP contribution < -0.4 is 9.38 Å². The number of likely N-dealkylation sites (N-methyl/N-ethyl adjacent to an activating group) is 1. The zero-order valence-corrected chi connectivity index (χ0v) is 16.5. The topological polar surface area (TPSA) is 74.7 Å². The van der Waals surface area contributed by atoms with Crippen molar-refractivity contribution in [1.82, 2.24) is 14.5 Å². The van der Waals surface area contributed by atoms with Gasteiger partial charge in [-0.05, 0) is 50.4 Å². The van der Waals surface area contributed by atoms with Gasteiger partial charge >= 0.3 is 5.97 Å². The van der Waals surface area contributed by atoms with E-state index in [4.69, 9.17) is 9.47 Å². The van der Waals surface area contributed by atoms with Gasteiger partial charge in [-0.15, -0.1) is 0 Å². The Bertz CT molecular complexity index is 958. The second-order valence-electron chi connectivity index (χ2n) is 6.76. The van der Waals surface area contributed by atoms with Crippen LogP contribution in [-0.4, -0.2) is 48.9 Å². The summed E-state index contributed by atoms with van der Waals surface area (Å²) in [5.41, 5.74) is 1.16. The highest BCUT2D eigenvalue weighted by molar-refractivity contribution is 7.22. The Morgan fingerprint density at radius 1 is 1.29 bits per heavy atom. The first-order valence-electron chi connectivity index (χ1n) is 9.07. The van der Waals surface area contributed by atoms with Gasteiger partial charge in [0.1, 0.15) is 12.4 Å². The fourth-order valence-electron chi connectivity index (χ4n) is 3.28. The van der Waals surface area contributed by atoms with Crippen LogP contribution in [0.4, 0.5) is 5.13 Å². The number of fused-ring (bicyclic) bond motifs is 1. The summed E-state index contributed by atoms with van der Waals surface area (Å²) in [6, 6.07) is 14.3. The van der Waals surface area contributed by atoms with Crippen LogP contribution in [0, 0.1) is 5.21 Å². The summed E-state index contributed by atoms with van der Waals surface area (Å²) in [6.07, 6.45) is -0.871. The van der Waals surface area contributed by atoms with Crippen molar-refractivity contribution >= 4 is 32.7 Å². The average Bonchev–Trinajstić information content (AvgIpc) is 3.24. The van der Waals surface area contributed by atoms with Crippen molar-refractivity contribution in [2.24, 2.45) is 0 Å². The van der Waals surface area contributed by atoms with E-state index in [1.165, 1.54) is 11.3 Å². The SMILES string of the molecule is CCOc1ccc(C(=O)OC2CN(C)C[N+]2([O-])c2nc3ccccc3s2)cc1. The van der Waals surface area contributed by atoms with Gasteiger partial charge in [0, 0.05) is 0 Å². The first-order chi connectivity index (χ1) is 13.5. The molecular weight excluding hydrogens is 378 g/mol. The van der Waals surface area contributed by atoms with E-state index < -0.39 is 16.8 Å². The minimum Gasteiger partial charge on any atom is -0.622 e. The smallest absolute Gasteiger partial charge is 0.342 e. The molecule has 2 aromatic carbocycles. The zero-order valence-electron chi connectivity index (χ0n) is 15.7. The molecule has 0 spiro atoms. The van der Waals surface area contributed by atoms with Crippen LogP contribution >= 0.6 is 11.3 Å². The molecule has 1 aliphatic heterocycles. The van der Waals surface area contributed by atoms with Crippen LogP contribution in [0.3, 0.4) is 0 Å². The summed E-state index contributed by atoms with van der Waals surface area (Å²) >= 11 is 1.34. The molecule has 0 saturated carbocycles. The van der Waals surface area contributed by atoms with Crippen molar-refractivity contribution in [3.8, 4) is 5.75 Å². The van der Waals surface area contributed by atoms with Crippen molar-refractivity contribution in [2.75, 3.05) is 26.9 Å². The molecule has 0 N–H and O–H groups in total. The summed E-state index contributed by atoms with van der Waals surface area (Å²) in [5.74, 6) is 0.158. The zero-order chi connectivity index (χ0) is 19.7. The van der Waals surface area contributed by atoms with Crippen LogP contribution in [-0.2, 0) is 4.74 Å². The minimum atomic E-state index is -0.871. The third kappa shape index (κ3) is 3.47. The van der Waals surface area contributed by atoms with E-state index in [1.807, 2.05) is 43.1 Å². The summed E-state index contributed by atoms with van der Waals surface area (Å²) in [6.45, 7) is 2.98. The van der Waals surface area contributed by atoms with E-state index in [2.05, 4.69) is 4.98 Å². The molecule has 1 aromatic heterocycles. The molecular formula is C20H21N3O4S. The molecule has 0 amide bonds. The highest BCUT2D eigenvalue weighted by atomic mass is 32.1. The van der Waals surface area contributed by atoms with Crippen LogP contribution in [0.2, 0.25) is 0 Å². The summed E-state index contributed by atoms with van der Waals surface area (Å²) in [4.78, 5) is 19.0. The van der Waals surface area contributed by atoms with E-state index in [0.29, 0.717) is 29.6 Å². The minimum absolute atomic E-state index is 0.182. The normalized spacial score (nSPS) is 22.5. The van der Waals surface area contributed by atoms with Crippen molar-refractivity contribution in [3.05, 3.63) is 59.3 Å². The lowest BCUT2D eigenvalue weighted by Crippen LogP contribution is -2.50. The van der Waals surface area contributed by atoms with E-state index in [9.17, 15) is 10.0 Å². The third-order valence-corrected chi connectivity index (χ3v) is 5.78. The van der Waals surface area contributed by atoms with Gasteiger partial charge in [0.25, 0.3) is 11.4 Å². The molecule has 1 saturated heterocycles. The second-order valence-corrected chi connectivity index (χ2v) is 7.77. The molecule has 146 valence electrons. The predicted molar refractivity (Wildman–Crippen MR) is 109 cm³/mol. The molecule has 4 rings (SSSR count).